The highest BCUT2D eigenvalue weighted by Gasteiger charge is 2.34. The molecular formula is C21H21FN6O2S. The van der Waals surface area contributed by atoms with Crippen LogP contribution in [0.25, 0.3) is 0 Å². The lowest BCUT2D eigenvalue weighted by Gasteiger charge is -2.39. The van der Waals surface area contributed by atoms with Crippen molar-refractivity contribution in [3.05, 3.63) is 77.1 Å². The van der Waals surface area contributed by atoms with Crippen molar-refractivity contribution in [3.8, 4) is 0 Å². The van der Waals surface area contributed by atoms with Gasteiger partial charge in [0.25, 0.3) is 0 Å². The fourth-order valence-electron chi connectivity index (χ4n) is 3.35. The molecule has 8 nitrogen and oxygen atoms in total. The third-order valence-corrected chi connectivity index (χ3v) is 5.90. The van der Waals surface area contributed by atoms with Gasteiger partial charge in [-0.15, -0.1) is 0 Å². The quantitative estimate of drug-likeness (QED) is 0.314. The van der Waals surface area contributed by atoms with Crippen molar-refractivity contribution in [2.45, 2.75) is 6.30 Å². The Morgan fingerprint density at radius 1 is 1.16 bits per heavy atom. The number of hydrazine groups is 1. The van der Waals surface area contributed by atoms with Crippen LogP contribution < -0.4 is 9.91 Å². The van der Waals surface area contributed by atoms with Crippen molar-refractivity contribution in [2.24, 2.45) is 0 Å². The summed E-state index contributed by atoms with van der Waals surface area (Å²) in [6.45, 7) is 0.405. The van der Waals surface area contributed by atoms with E-state index < -0.39 is 11.2 Å². The topological polar surface area (TPSA) is 78.6 Å². The Kier molecular flexibility index (Phi) is 6.28. The first-order valence-electron chi connectivity index (χ1n) is 9.69. The number of halogens is 1. The van der Waals surface area contributed by atoms with Gasteiger partial charge in [0.15, 0.2) is 6.30 Å². The minimum atomic E-state index is -1.29. The summed E-state index contributed by atoms with van der Waals surface area (Å²) in [5, 5.41) is 14.9. The van der Waals surface area contributed by atoms with E-state index in [0.29, 0.717) is 23.8 Å². The van der Waals surface area contributed by atoms with Crippen LogP contribution in [0.1, 0.15) is 0 Å². The van der Waals surface area contributed by atoms with Gasteiger partial charge in [-0.2, -0.15) is 16.8 Å². The third-order valence-electron chi connectivity index (χ3n) is 4.92. The maximum Gasteiger partial charge on any atom is 0.313 e. The van der Waals surface area contributed by atoms with Gasteiger partial charge in [-0.05, 0) is 30.3 Å². The van der Waals surface area contributed by atoms with E-state index in [1.807, 2.05) is 24.3 Å². The fourth-order valence-corrected chi connectivity index (χ4v) is 4.20. The van der Waals surface area contributed by atoms with E-state index in [1.165, 1.54) is 27.8 Å². The average Bonchev–Trinajstić information content (AvgIpc) is 2.81. The Bertz CT molecular complexity index is 1040. The van der Waals surface area contributed by atoms with Gasteiger partial charge in [0.1, 0.15) is 5.82 Å². The second-order valence-corrected chi connectivity index (χ2v) is 8.01. The van der Waals surface area contributed by atoms with Gasteiger partial charge in [0, 0.05) is 37.4 Å². The molecule has 1 saturated heterocycles. The summed E-state index contributed by atoms with van der Waals surface area (Å²) in [7, 11) is 1.80. The van der Waals surface area contributed by atoms with E-state index in [9.17, 15) is 14.5 Å². The summed E-state index contributed by atoms with van der Waals surface area (Å²) in [6, 6.07) is 15.7. The number of para-hydroxylation sites is 1. The summed E-state index contributed by atoms with van der Waals surface area (Å²) in [5.41, 5.74) is 1.19. The zero-order valence-corrected chi connectivity index (χ0v) is 17.7. The molecule has 160 valence electrons. The molecular weight excluding hydrogens is 419 g/mol. The molecule has 0 aliphatic carbocycles. The molecule has 1 aliphatic heterocycles. The molecule has 1 fully saturated rings. The number of anilines is 4. The van der Waals surface area contributed by atoms with Crippen LogP contribution in [0.4, 0.5) is 33.1 Å². The minimum Gasteiger partial charge on any atom is -0.328 e. The van der Waals surface area contributed by atoms with Crippen molar-refractivity contribution >= 4 is 40.5 Å². The van der Waals surface area contributed by atoms with Crippen LogP contribution in [0, 0.1) is 10.1 Å². The maximum atomic E-state index is 15.0. The maximum absolute atomic E-state index is 15.0. The molecule has 0 spiro atoms. The van der Waals surface area contributed by atoms with E-state index in [0.717, 1.165) is 5.69 Å². The number of aromatic nitrogens is 2. The zero-order valence-electron chi connectivity index (χ0n) is 16.8. The number of thioether (sulfide) groups is 1. The molecule has 0 radical (unpaired) electrons. The second kappa shape index (κ2) is 9.27. The molecule has 1 aromatic carbocycles. The van der Waals surface area contributed by atoms with Crippen molar-refractivity contribution in [1.82, 2.24) is 15.0 Å². The normalized spacial score (nSPS) is 16.6. The molecule has 3 heterocycles. The van der Waals surface area contributed by atoms with Crippen molar-refractivity contribution < 1.29 is 9.31 Å². The fraction of sp³-hybridized carbons (Fsp3) is 0.238. The van der Waals surface area contributed by atoms with E-state index in [2.05, 4.69) is 9.97 Å². The monoisotopic (exact) mass is 440 g/mol. The third kappa shape index (κ3) is 4.44. The smallest absolute Gasteiger partial charge is 0.313 e. The molecule has 0 amide bonds. The van der Waals surface area contributed by atoms with Gasteiger partial charge >= 0.3 is 5.69 Å². The standard InChI is InChI=1S/C21H21FN6O2S/c1-25(17-8-5-11-23-14-17)20-10-9-18(28(29)30)21(24-20)27(16-6-3-2-4-7-16)26-12-13-31-15-19(26)22/h2-11,14,19H,12-13,15H2,1H3. The van der Waals surface area contributed by atoms with Crippen LogP contribution in [0.5, 0.6) is 0 Å². The lowest BCUT2D eigenvalue weighted by Crippen LogP contribution is -2.49. The van der Waals surface area contributed by atoms with E-state index in [1.54, 1.807) is 48.6 Å². The summed E-state index contributed by atoms with van der Waals surface area (Å²) in [4.78, 5) is 21.9. The number of hydrogen-bond acceptors (Lipinski definition) is 8. The molecule has 2 aromatic heterocycles. The molecule has 1 aliphatic rings. The molecule has 4 rings (SSSR count). The van der Waals surface area contributed by atoms with E-state index >= 15 is 0 Å². The SMILES string of the molecule is CN(c1cccnc1)c1ccc([N+](=O)[O-])c(N(c2ccccc2)N2CCSCC2F)n1. The van der Waals surface area contributed by atoms with Crippen molar-refractivity contribution in [2.75, 3.05) is 35.0 Å². The van der Waals surface area contributed by atoms with Crippen LogP contribution >= 0.6 is 11.8 Å². The highest BCUT2D eigenvalue weighted by Crippen LogP contribution is 2.38. The first-order valence-corrected chi connectivity index (χ1v) is 10.8. The Balaban J connectivity index is 1.85. The van der Waals surface area contributed by atoms with Crippen LogP contribution in [0.2, 0.25) is 0 Å². The van der Waals surface area contributed by atoms with Crippen LogP contribution in [0.15, 0.2) is 67.0 Å². The Labute approximate surface area is 183 Å². The number of rotatable bonds is 6. The molecule has 3 aromatic rings. The predicted octanol–water partition coefficient (Wildman–Crippen LogP) is 4.55. The lowest BCUT2D eigenvalue weighted by molar-refractivity contribution is -0.384. The summed E-state index contributed by atoms with van der Waals surface area (Å²) >= 11 is 1.52. The molecule has 0 N–H and O–H groups in total. The lowest BCUT2D eigenvalue weighted by atomic mass is 10.2. The number of nitro groups is 1. The highest BCUT2D eigenvalue weighted by molar-refractivity contribution is 7.99. The Morgan fingerprint density at radius 3 is 2.61 bits per heavy atom. The Morgan fingerprint density at radius 2 is 1.94 bits per heavy atom. The first kappa shape index (κ1) is 21.0. The van der Waals surface area contributed by atoms with Crippen LogP contribution in [0.3, 0.4) is 0 Å². The summed E-state index contributed by atoms with van der Waals surface area (Å²) < 4.78 is 15.0. The molecule has 1 atom stereocenters. The highest BCUT2D eigenvalue weighted by atomic mass is 32.2. The molecule has 10 heteroatoms. The first-order chi connectivity index (χ1) is 15.1. The second-order valence-electron chi connectivity index (χ2n) is 6.86. The van der Waals surface area contributed by atoms with E-state index in [-0.39, 0.29) is 17.3 Å². The van der Waals surface area contributed by atoms with Gasteiger partial charge < -0.3 is 4.90 Å². The van der Waals surface area contributed by atoms with Crippen molar-refractivity contribution in [1.29, 1.82) is 0 Å². The molecule has 0 saturated carbocycles. The average molecular weight is 441 g/mol. The van der Waals surface area contributed by atoms with E-state index in [4.69, 9.17) is 0 Å². The van der Waals surface area contributed by atoms with Crippen LogP contribution in [-0.2, 0) is 0 Å². The van der Waals surface area contributed by atoms with Gasteiger partial charge in [0.05, 0.1) is 22.5 Å². The molecule has 0 bridgehead atoms. The summed E-state index contributed by atoms with van der Waals surface area (Å²) in [5.74, 6) is 1.55. The van der Waals surface area contributed by atoms with Gasteiger partial charge in [-0.1, -0.05) is 18.2 Å². The predicted molar refractivity (Wildman–Crippen MR) is 121 cm³/mol. The largest absolute Gasteiger partial charge is 0.328 e. The zero-order chi connectivity index (χ0) is 21.8. The van der Waals surface area contributed by atoms with Crippen LogP contribution in [-0.4, -0.2) is 51.3 Å². The number of nitrogens with zero attached hydrogens (tertiary/aromatic N) is 6. The van der Waals surface area contributed by atoms with Crippen molar-refractivity contribution in [3.63, 3.8) is 0 Å². The van der Waals surface area contributed by atoms with Gasteiger partial charge in [-0.3, -0.25) is 15.1 Å². The molecule has 31 heavy (non-hydrogen) atoms. The number of hydrogen-bond donors (Lipinski definition) is 0. The Hall–Kier alpha value is -3.24. The number of alkyl halides is 1. The minimum absolute atomic E-state index is 0.0685. The number of pyridine rings is 2. The molecule has 1 unspecified atom stereocenters. The number of benzene rings is 1. The summed E-state index contributed by atoms with van der Waals surface area (Å²) in [6.07, 6.45) is 2.05. The van der Waals surface area contributed by atoms with Gasteiger partial charge in [-0.25, -0.2) is 14.4 Å². The van der Waals surface area contributed by atoms with Gasteiger partial charge in [0.2, 0.25) is 5.82 Å².